The zero-order chi connectivity index (χ0) is 24.1. The van der Waals surface area contributed by atoms with Crippen LogP contribution >= 0.6 is 0 Å². The second kappa shape index (κ2) is 10.7. The molecule has 1 heterocycles. The van der Waals surface area contributed by atoms with Gasteiger partial charge in [-0.3, -0.25) is 14.9 Å². The molecule has 0 saturated carbocycles. The first kappa shape index (κ1) is 23.8. The van der Waals surface area contributed by atoms with Gasteiger partial charge in [-0.05, 0) is 59.9 Å². The minimum atomic E-state index is -1.00. The number of hydrogen-bond donors (Lipinski definition) is 1. The SMILES string of the molecule is CN=C1C=C(c2ccc(-c3cccc(CN4CCOCC4)c3)cc2)C=C(C(=O)O)C1=NC(C)C. The molecule has 4 rings (SSSR count). The first-order valence-electron chi connectivity index (χ1n) is 11.7. The fourth-order valence-corrected chi connectivity index (χ4v) is 4.24. The Hall–Kier alpha value is -3.35. The highest BCUT2D eigenvalue weighted by Crippen LogP contribution is 2.27. The number of allylic oxidation sites excluding steroid dienone is 3. The molecule has 1 aliphatic heterocycles. The monoisotopic (exact) mass is 457 g/mol. The molecular weight excluding hydrogens is 426 g/mol. The molecule has 0 amide bonds. The van der Waals surface area contributed by atoms with Crippen LogP contribution in [0.2, 0.25) is 0 Å². The maximum atomic E-state index is 12.0. The molecule has 6 nitrogen and oxygen atoms in total. The highest BCUT2D eigenvalue weighted by molar-refractivity contribution is 6.58. The molecule has 2 aliphatic rings. The fraction of sp³-hybridized carbons (Fsp3) is 0.321. The number of carboxylic acids is 1. The molecular formula is C28H31N3O3. The third-order valence-corrected chi connectivity index (χ3v) is 5.94. The Morgan fingerprint density at radius 3 is 2.38 bits per heavy atom. The topological polar surface area (TPSA) is 74.5 Å². The van der Waals surface area contributed by atoms with E-state index in [1.54, 1.807) is 13.1 Å². The molecule has 0 spiro atoms. The van der Waals surface area contributed by atoms with Crippen LogP contribution in [0, 0.1) is 0 Å². The van der Waals surface area contributed by atoms with Crippen molar-refractivity contribution in [3.05, 3.63) is 77.4 Å². The second-order valence-electron chi connectivity index (χ2n) is 8.81. The molecule has 2 aromatic rings. The van der Waals surface area contributed by atoms with Crippen LogP contribution in [0.25, 0.3) is 16.7 Å². The summed E-state index contributed by atoms with van der Waals surface area (Å²) in [6.07, 6.45) is 3.60. The smallest absolute Gasteiger partial charge is 0.337 e. The molecule has 176 valence electrons. The van der Waals surface area contributed by atoms with E-state index in [1.807, 2.05) is 32.1 Å². The van der Waals surface area contributed by atoms with Gasteiger partial charge >= 0.3 is 5.97 Å². The van der Waals surface area contributed by atoms with Crippen LogP contribution in [0.5, 0.6) is 0 Å². The van der Waals surface area contributed by atoms with Crippen molar-refractivity contribution in [1.82, 2.24) is 4.90 Å². The van der Waals surface area contributed by atoms with E-state index in [2.05, 4.69) is 51.3 Å². The fourth-order valence-electron chi connectivity index (χ4n) is 4.24. The number of aliphatic imine (C=N–C) groups is 2. The quantitative estimate of drug-likeness (QED) is 0.648. The Labute approximate surface area is 201 Å². The van der Waals surface area contributed by atoms with Gasteiger partial charge in [-0.1, -0.05) is 42.5 Å². The first-order valence-corrected chi connectivity index (χ1v) is 11.7. The van der Waals surface area contributed by atoms with Crippen LogP contribution in [-0.2, 0) is 16.1 Å². The predicted molar refractivity (Wildman–Crippen MR) is 138 cm³/mol. The highest BCUT2D eigenvalue weighted by Gasteiger charge is 2.24. The second-order valence-corrected chi connectivity index (χ2v) is 8.81. The van der Waals surface area contributed by atoms with E-state index >= 15 is 0 Å². The Bertz CT molecular complexity index is 1170. The average molecular weight is 458 g/mol. The highest BCUT2D eigenvalue weighted by atomic mass is 16.5. The third kappa shape index (κ3) is 5.58. The summed E-state index contributed by atoms with van der Waals surface area (Å²) < 4.78 is 5.45. The van der Waals surface area contributed by atoms with Crippen molar-refractivity contribution >= 4 is 23.0 Å². The zero-order valence-electron chi connectivity index (χ0n) is 20.0. The van der Waals surface area contributed by atoms with Gasteiger partial charge in [0.2, 0.25) is 0 Å². The summed E-state index contributed by atoms with van der Waals surface area (Å²) in [7, 11) is 1.66. The number of rotatable bonds is 6. The zero-order valence-corrected chi connectivity index (χ0v) is 20.0. The van der Waals surface area contributed by atoms with Crippen LogP contribution in [0.1, 0.15) is 25.0 Å². The van der Waals surface area contributed by atoms with Gasteiger partial charge in [0, 0.05) is 32.7 Å². The lowest BCUT2D eigenvalue weighted by molar-refractivity contribution is -0.132. The van der Waals surface area contributed by atoms with E-state index in [-0.39, 0.29) is 11.6 Å². The molecule has 1 fully saturated rings. The van der Waals surface area contributed by atoms with Crippen LogP contribution in [0.3, 0.4) is 0 Å². The molecule has 34 heavy (non-hydrogen) atoms. The van der Waals surface area contributed by atoms with E-state index in [0.717, 1.165) is 49.5 Å². The lowest BCUT2D eigenvalue weighted by Gasteiger charge is -2.26. The van der Waals surface area contributed by atoms with Gasteiger partial charge in [-0.15, -0.1) is 0 Å². The number of carboxylic acid groups (broad SMARTS) is 1. The van der Waals surface area contributed by atoms with E-state index in [4.69, 9.17) is 4.74 Å². The van der Waals surface area contributed by atoms with Crippen LogP contribution in [0.4, 0.5) is 0 Å². The molecule has 0 unspecified atom stereocenters. The van der Waals surface area contributed by atoms with Crippen LogP contribution in [-0.4, -0.2) is 66.8 Å². The van der Waals surface area contributed by atoms with Crippen molar-refractivity contribution in [2.45, 2.75) is 26.4 Å². The van der Waals surface area contributed by atoms with Gasteiger partial charge in [0.15, 0.2) is 0 Å². The van der Waals surface area contributed by atoms with Gasteiger partial charge in [0.25, 0.3) is 0 Å². The number of carbonyl (C=O) groups is 1. The van der Waals surface area contributed by atoms with Gasteiger partial charge in [0.05, 0.1) is 30.2 Å². The molecule has 6 heteroatoms. The molecule has 1 saturated heterocycles. The van der Waals surface area contributed by atoms with Crippen molar-refractivity contribution in [3.63, 3.8) is 0 Å². The van der Waals surface area contributed by atoms with Crippen LogP contribution in [0.15, 0.2) is 76.2 Å². The van der Waals surface area contributed by atoms with Crippen molar-refractivity contribution in [3.8, 4) is 11.1 Å². The lowest BCUT2D eigenvalue weighted by Crippen LogP contribution is -2.35. The molecule has 0 atom stereocenters. The Morgan fingerprint density at radius 1 is 1.03 bits per heavy atom. The Kier molecular flexibility index (Phi) is 7.50. The number of benzene rings is 2. The van der Waals surface area contributed by atoms with Crippen molar-refractivity contribution in [2.24, 2.45) is 9.98 Å². The number of morpholine rings is 1. The summed E-state index contributed by atoms with van der Waals surface area (Å²) in [4.78, 5) is 23.2. The molecule has 1 aliphatic carbocycles. The summed E-state index contributed by atoms with van der Waals surface area (Å²) in [5.41, 5.74) is 6.52. The summed E-state index contributed by atoms with van der Waals surface area (Å²) in [6.45, 7) is 8.29. The number of hydrogen-bond acceptors (Lipinski definition) is 5. The standard InChI is InChI=1S/C28H31N3O3/c1-19(2)30-27-25(28(32)33)16-24(17-26(27)29-3)22-9-7-21(8-10-22)23-6-4-5-20(15-23)18-31-11-13-34-14-12-31/h4-10,15-17,19H,11-14,18H2,1-3H3,(H,32,33). The predicted octanol–water partition coefficient (Wildman–Crippen LogP) is 4.51. The number of nitrogens with zero attached hydrogens (tertiary/aromatic N) is 3. The Morgan fingerprint density at radius 2 is 1.74 bits per heavy atom. The average Bonchev–Trinajstić information content (AvgIpc) is 2.84. The number of ether oxygens (including phenoxy) is 1. The number of aliphatic carboxylic acids is 1. The minimum Gasteiger partial charge on any atom is -0.478 e. The maximum absolute atomic E-state index is 12.0. The van der Waals surface area contributed by atoms with E-state index in [1.165, 1.54) is 11.1 Å². The van der Waals surface area contributed by atoms with Crippen molar-refractivity contribution in [1.29, 1.82) is 0 Å². The molecule has 0 radical (unpaired) electrons. The Balaban J connectivity index is 1.58. The third-order valence-electron chi connectivity index (χ3n) is 5.94. The minimum absolute atomic E-state index is 0.0252. The van der Waals surface area contributed by atoms with E-state index in [9.17, 15) is 9.90 Å². The van der Waals surface area contributed by atoms with E-state index in [0.29, 0.717) is 11.4 Å². The van der Waals surface area contributed by atoms with Crippen molar-refractivity contribution < 1.29 is 14.6 Å². The summed E-state index contributed by atoms with van der Waals surface area (Å²) in [5.74, 6) is -1.00. The largest absolute Gasteiger partial charge is 0.478 e. The molecule has 0 bridgehead atoms. The molecule has 0 aromatic heterocycles. The molecule has 1 N–H and O–H groups in total. The van der Waals surface area contributed by atoms with Crippen molar-refractivity contribution in [2.75, 3.05) is 33.4 Å². The maximum Gasteiger partial charge on any atom is 0.337 e. The summed E-state index contributed by atoms with van der Waals surface area (Å²) in [6, 6.07) is 16.8. The van der Waals surface area contributed by atoms with Crippen LogP contribution < -0.4 is 0 Å². The lowest BCUT2D eigenvalue weighted by atomic mass is 9.90. The van der Waals surface area contributed by atoms with E-state index < -0.39 is 5.97 Å². The van der Waals surface area contributed by atoms with Gasteiger partial charge in [0.1, 0.15) is 0 Å². The summed E-state index contributed by atoms with van der Waals surface area (Å²) >= 11 is 0. The van der Waals surface area contributed by atoms with Gasteiger partial charge in [-0.2, -0.15) is 0 Å². The first-order chi connectivity index (χ1) is 16.4. The summed E-state index contributed by atoms with van der Waals surface area (Å²) in [5, 5.41) is 9.79. The molecule has 2 aromatic carbocycles. The normalized spacial score (nSPS) is 19.4. The van der Waals surface area contributed by atoms with Gasteiger partial charge < -0.3 is 9.84 Å². The van der Waals surface area contributed by atoms with Gasteiger partial charge in [-0.25, -0.2) is 4.79 Å².